The van der Waals surface area contributed by atoms with Crippen molar-refractivity contribution < 1.29 is 4.84 Å². The second kappa shape index (κ2) is 3.45. The van der Waals surface area contributed by atoms with Crippen LogP contribution in [-0.2, 0) is 4.84 Å². The van der Waals surface area contributed by atoms with Gasteiger partial charge in [0.1, 0.15) is 7.11 Å². The third-order valence-electron chi connectivity index (χ3n) is 1.48. The summed E-state index contributed by atoms with van der Waals surface area (Å²) in [4.78, 5) is 4.55. The minimum Gasteiger partial charge on any atom is -0.399 e. The van der Waals surface area contributed by atoms with E-state index < -0.39 is 0 Å². The van der Waals surface area contributed by atoms with Crippen LogP contribution in [0.25, 0.3) is 0 Å². The average molecular weight is 128 g/mol. The van der Waals surface area contributed by atoms with Crippen molar-refractivity contribution in [3.8, 4) is 0 Å². The Bertz CT molecular complexity index is 97.2. The molecule has 0 saturated carbocycles. The lowest BCUT2D eigenvalue weighted by Crippen LogP contribution is -2.09. The van der Waals surface area contributed by atoms with Gasteiger partial charge in [0.15, 0.2) is 0 Å². The molecule has 0 aliphatic carbocycles. The van der Waals surface area contributed by atoms with E-state index in [1.807, 2.05) is 6.21 Å². The maximum atomic E-state index is 4.55. The number of oxime groups is 1. The molecule has 1 heterocycles. The molecule has 3 nitrogen and oxygen atoms in total. The van der Waals surface area contributed by atoms with Crippen LogP contribution >= 0.6 is 0 Å². The van der Waals surface area contributed by atoms with Gasteiger partial charge >= 0.3 is 0 Å². The molecule has 1 aliphatic heterocycles. The summed E-state index contributed by atoms with van der Waals surface area (Å²) in [5.74, 6) is 0.588. The number of nitrogens with zero attached hydrogens (tertiary/aromatic N) is 1. The van der Waals surface area contributed by atoms with Crippen LogP contribution in [-0.4, -0.2) is 26.4 Å². The first-order chi connectivity index (χ1) is 4.43. The Labute approximate surface area is 55.1 Å². The van der Waals surface area contributed by atoms with Crippen LogP contribution < -0.4 is 5.32 Å². The van der Waals surface area contributed by atoms with E-state index in [-0.39, 0.29) is 0 Å². The number of rotatable bonds is 2. The van der Waals surface area contributed by atoms with Gasteiger partial charge in [0, 0.05) is 18.7 Å². The first-order valence-corrected chi connectivity index (χ1v) is 3.21. The maximum Gasteiger partial charge on any atom is 0.106 e. The molecular formula is C6H12N2O. The molecule has 1 unspecified atom stereocenters. The molecule has 0 radical (unpaired) electrons. The number of nitrogens with one attached hydrogen (secondary N) is 1. The van der Waals surface area contributed by atoms with Gasteiger partial charge in [-0.3, -0.25) is 0 Å². The molecule has 0 aromatic carbocycles. The zero-order valence-corrected chi connectivity index (χ0v) is 5.63. The monoisotopic (exact) mass is 128 g/mol. The fraction of sp³-hybridized carbons (Fsp3) is 0.833. The van der Waals surface area contributed by atoms with Crippen LogP contribution in [0.4, 0.5) is 0 Å². The van der Waals surface area contributed by atoms with Gasteiger partial charge < -0.3 is 10.2 Å². The summed E-state index contributed by atoms with van der Waals surface area (Å²) in [6.45, 7) is 2.16. The fourth-order valence-electron chi connectivity index (χ4n) is 0.951. The van der Waals surface area contributed by atoms with Gasteiger partial charge in [-0.05, 0) is 13.0 Å². The van der Waals surface area contributed by atoms with E-state index in [1.54, 1.807) is 7.11 Å². The van der Waals surface area contributed by atoms with E-state index in [1.165, 1.54) is 6.42 Å². The molecule has 0 aromatic heterocycles. The molecule has 1 aliphatic rings. The van der Waals surface area contributed by atoms with Gasteiger partial charge in [0.25, 0.3) is 0 Å². The van der Waals surface area contributed by atoms with E-state index >= 15 is 0 Å². The van der Waals surface area contributed by atoms with Gasteiger partial charge in [0.2, 0.25) is 0 Å². The largest absolute Gasteiger partial charge is 0.399 e. The Balaban J connectivity index is 2.18. The minimum absolute atomic E-state index is 0.588. The molecule has 0 spiro atoms. The molecule has 1 atom stereocenters. The fourth-order valence-corrected chi connectivity index (χ4v) is 0.951. The predicted octanol–water partition coefficient (Wildman–Crippen LogP) is 0.228. The quantitative estimate of drug-likeness (QED) is 0.426. The smallest absolute Gasteiger partial charge is 0.106 e. The topological polar surface area (TPSA) is 33.6 Å². The van der Waals surface area contributed by atoms with Crippen molar-refractivity contribution in [2.24, 2.45) is 11.1 Å². The van der Waals surface area contributed by atoms with Crippen LogP contribution in [0, 0.1) is 5.92 Å². The number of hydrogen-bond acceptors (Lipinski definition) is 3. The van der Waals surface area contributed by atoms with Crippen molar-refractivity contribution >= 4 is 6.21 Å². The van der Waals surface area contributed by atoms with Crippen LogP contribution in [0.15, 0.2) is 5.16 Å². The highest BCUT2D eigenvalue weighted by atomic mass is 16.6. The minimum atomic E-state index is 0.588. The Morgan fingerprint density at radius 3 is 3.22 bits per heavy atom. The molecule has 1 fully saturated rings. The van der Waals surface area contributed by atoms with Crippen LogP contribution in [0.1, 0.15) is 6.42 Å². The van der Waals surface area contributed by atoms with Gasteiger partial charge in [-0.1, -0.05) is 5.16 Å². The SMILES string of the molecule is CO/N=C/C1CCNC1. The molecule has 0 bridgehead atoms. The van der Waals surface area contributed by atoms with Crippen molar-refractivity contribution in [3.63, 3.8) is 0 Å². The molecular weight excluding hydrogens is 116 g/mol. The molecule has 1 rings (SSSR count). The lowest BCUT2D eigenvalue weighted by atomic mass is 10.1. The Morgan fingerprint density at radius 2 is 2.67 bits per heavy atom. The normalized spacial score (nSPS) is 27.4. The van der Waals surface area contributed by atoms with Crippen molar-refractivity contribution in [1.29, 1.82) is 0 Å². The van der Waals surface area contributed by atoms with E-state index in [0.29, 0.717) is 5.92 Å². The summed E-state index contributed by atoms with van der Waals surface area (Å²) in [5, 5.41) is 6.92. The Kier molecular flexibility index (Phi) is 2.51. The van der Waals surface area contributed by atoms with E-state index in [0.717, 1.165) is 13.1 Å². The van der Waals surface area contributed by atoms with E-state index in [4.69, 9.17) is 0 Å². The van der Waals surface area contributed by atoms with E-state index in [9.17, 15) is 0 Å². The summed E-state index contributed by atoms with van der Waals surface area (Å²) >= 11 is 0. The molecule has 3 heteroatoms. The molecule has 0 amide bonds. The zero-order valence-electron chi connectivity index (χ0n) is 5.63. The van der Waals surface area contributed by atoms with Crippen LogP contribution in [0.5, 0.6) is 0 Å². The second-order valence-corrected chi connectivity index (χ2v) is 2.19. The zero-order chi connectivity index (χ0) is 6.53. The highest BCUT2D eigenvalue weighted by Crippen LogP contribution is 2.03. The summed E-state index contributed by atoms with van der Waals surface area (Å²) in [7, 11) is 1.57. The maximum absolute atomic E-state index is 4.55. The third kappa shape index (κ3) is 2.01. The molecule has 1 saturated heterocycles. The summed E-state index contributed by atoms with van der Waals surface area (Å²) < 4.78 is 0. The molecule has 1 N–H and O–H groups in total. The van der Waals surface area contributed by atoms with Gasteiger partial charge in [0.05, 0.1) is 0 Å². The Morgan fingerprint density at radius 1 is 1.78 bits per heavy atom. The second-order valence-electron chi connectivity index (χ2n) is 2.19. The molecule has 0 aromatic rings. The molecule has 52 valence electrons. The molecule has 9 heavy (non-hydrogen) atoms. The number of hydrogen-bond donors (Lipinski definition) is 1. The first kappa shape index (κ1) is 6.55. The van der Waals surface area contributed by atoms with Gasteiger partial charge in [-0.15, -0.1) is 0 Å². The summed E-state index contributed by atoms with van der Waals surface area (Å²) in [5.41, 5.74) is 0. The Hall–Kier alpha value is -0.570. The van der Waals surface area contributed by atoms with Gasteiger partial charge in [-0.2, -0.15) is 0 Å². The van der Waals surface area contributed by atoms with Crippen LogP contribution in [0.2, 0.25) is 0 Å². The lowest BCUT2D eigenvalue weighted by Gasteiger charge is -1.95. The first-order valence-electron chi connectivity index (χ1n) is 3.21. The highest BCUT2D eigenvalue weighted by Gasteiger charge is 2.10. The van der Waals surface area contributed by atoms with Crippen LogP contribution in [0.3, 0.4) is 0 Å². The van der Waals surface area contributed by atoms with Crippen molar-refractivity contribution in [2.75, 3.05) is 20.2 Å². The van der Waals surface area contributed by atoms with Crippen molar-refractivity contribution in [2.45, 2.75) is 6.42 Å². The van der Waals surface area contributed by atoms with Crippen molar-refractivity contribution in [1.82, 2.24) is 5.32 Å². The lowest BCUT2D eigenvalue weighted by molar-refractivity contribution is 0.213. The third-order valence-corrected chi connectivity index (χ3v) is 1.48. The van der Waals surface area contributed by atoms with Crippen molar-refractivity contribution in [3.05, 3.63) is 0 Å². The predicted molar refractivity (Wildman–Crippen MR) is 36.5 cm³/mol. The summed E-state index contributed by atoms with van der Waals surface area (Å²) in [6.07, 6.45) is 3.05. The average Bonchev–Trinajstić information content (AvgIpc) is 2.34. The highest BCUT2D eigenvalue weighted by molar-refractivity contribution is 5.60. The van der Waals surface area contributed by atoms with E-state index in [2.05, 4.69) is 15.3 Å². The standard InChI is InChI=1S/C6H12N2O/c1-9-8-5-6-2-3-7-4-6/h5-7H,2-4H2,1H3/b8-5+. The van der Waals surface area contributed by atoms with Gasteiger partial charge in [-0.25, -0.2) is 0 Å². The summed E-state index contributed by atoms with van der Waals surface area (Å²) in [6, 6.07) is 0.